The van der Waals surface area contributed by atoms with Crippen LogP contribution in [0, 0.1) is 4.91 Å². The number of rotatable bonds is 6. The number of methoxy groups -OCH3 is 1. The average Bonchev–Trinajstić information content (AvgIpc) is 2.81. The van der Waals surface area contributed by atoms with E-state index in [0.717, 1.165) is 0 Å². The monoisotopic (exact) mass is 316 g/mol. The van der Waals surface area contributed by atoms with Crippen LogP contribution in [0.4, 0.5) is 11.5 Å². The highest BCUT2D eigenvalue weighted by atomic mass is 16.8. The van der Waals surface area contributed by atoms with Crippen LogP contribution in [-0.2, 0) is 9.57 Å². The van der Waals surface area contributed by atoms with Gasteiger partial charge in [0, 0.05) is 12.1 Å². The smallest absolute Gasteiger partial charge is 0.358 e. The van der Waals surface area contributed by atoms with Crippen LogP contribution in [0.25, 0.3) is 0 Å². The normalized spacial score (nSPS) is 27.5. The Hall–Kier alpha value is -2.01. The Bertz CT molecular complexity index is 541. The summed E-state index contributed by atoms with van der Waals surface area (Å²) in [6, 6.07) is 2.87. The molecule has 1 aromatic rings. The van der Waals surface area contributed by atoms with Crippen LogP contribution in [-0.4, -0.2) is 70.6 Å². The van der Waals surface area contributed by atoms with Crippen molar-refractivity contribution in [1.82, 2.24) is 4.98 Å². The van der Waals surface area contributed by atoms with Gasteiger partial charge in [-0.25, -0.2) is 4.84 Å². The molecule has 0 amide bonds. The quantitative estimate of drug-likeness (QED) is 0.483. The van der Waals surface area contributed by atoms with Gasteiger partial charge in [-0.1, -0.05) is 0 Å². The molecule has 0 aromatic carbocycles. The summed E-state index contributed by atoms with van der Waals surface area (Å²) < 4.78 is 10.3. The van der Waals surface area contributed by atoms with E-state index in [9.17, 15) is 15.1 Å². The molecule has 1 aliphatic rings. The highest BCUT2D eigenvalue weighted by Crippen LogP contribution is 2.29. The van der Waals surface area contributed by atoms with Crippen LogP contribution in [0.5, 0.6) is 5.88 Å². The van der Waals surface area contributed by atoms with Gasteiger partial charge in [0.2, 0.25) is 11.7 Å². The van der Waals surface area contributed by atoms with E-state index in [2.05, 4.69) is 15.1 Å². The molecule has 1 aromatic heterocycles. The van der Waals surface area contributed by atoms with E-state index in [1.54, 1.807) is 0 Å². The maximum absolute atomic E-state index is 11.7. The molecule has 10 nitrogen and oxygen atoms in total. The van der Waals surface area contributed by atoms with E-state index in [-0.39, 0.29) is 22.3 Å². The van der Waals surface area contributed by atoms with Crippen molar-refractivity contribution in [2.45, 2.75) is 24.5 Å². The summed E-state index contributed by atoms with van der Waals surface area (Å²) in [5, 5.41) is 31.4. The zero-order valence-corrected chi connectivity index (χ0v) is 12.0. The Morgan fingerprint density at radius 2 is 2.09 bits per heavy atom. The molecule has 0 spiro atoms. The molecule has 122 valence electrons. The van der Waals surface area contributed by atoms with Crippen molar-refractivity contribution in [3.05, 3.63) is 17.0 Å². The minimum Gasteiger partial charge on any atom is -0.481 e. The van der Waals surface area contributed by atoms with E-state index in [1.807, 2.05) is 0 Å². The molecule has 22 heavy (non-hydrogen) atoms. The van der Waals surface area contributed by atoms with E-state index < -0.39 is 31.1 Å². The fourth-order valence-electron chi connectivity index (χ4n) is 2.05. The van der Waals surface area contributed by atoms with Crippen molar-refractivity contribution in [2.75, 3.05) is 26.1 Å². The van der Waals surface area contributed by atoms with E-state index in [1.165, 1.54) is 26.4 Å². The number of nitrogens with zero attached hydrogens (tertiary/aromatic N) is 2. The fraction of sp³-hybridized carbons (Fsp3) is 0.583. The zero-order valence-electron chi connectivity index (χ0n) is 12.0. The number of ether oxygens (including phenoxy) is 2. The standard InChI is InChI=1S/C12H18N3O7/c1-20-8-4-3-6(15(19)21-2)11(13-8)14-12-10(18)9(17)7(5-16)22-12/h3-4,7,9-10,12,16-18H,5H2,1-2H3,(H,13,14)/q+1/t7-,9-,10-,12-/m1/s1. The maximum Gasteiger partial charge on any atom is 0.358 e. The Morgan fingerprint density at radius 1 is 1.36 bits per heavy atom. The lowest BCUT2D eigenvalue weighted by Crippen LogP contribution is -2.36. The van der Waals surface area contributed by atoms with Crippen LogP contribution in [0.1, 0.15) is 0 Å². The average molecular weight is 316 g/mol. The van der Waals surface area contributed by atoms with Crippen LogP contribution in [0.2, 0.25) is 0 Å². The third kappa shape index (κ3) is 3.09. The molecule has 2 rings (SSSR count). The first-order chi connectivity index (χ1) is 10.5. The molecule has 1 aliphatic heterocycles. The van der Waals surface area contributed by atoms with Gasteiger partial charge in [-0.05, 0) is 0 Å². The lowest BCUT2D eigenvalue weighted by molar-refractivity contribution is -0.736. The number of aromatic nitrogens is 1. The van der Waals surface area contributed by atoms with Gasteiger partial charge in [0.1, 0.15) is 18.3 Å². The predicted molar refractivity (Wildman–Crippen MR) is 72.5 cm³/mol. The fourth-order valence-corrected chi connectivity index (χ4v) is 2.05. The summed E-state index contributed by atoms with van der Waals surface area (Å²) in [5.41, 5.74) is 0.0287. The van der Waals surface area contributed by atoms with Crippen LogP contribution in [0.15, 0.2) is 12.1 Å². The highest BCUT2D eigenvalue weighted by molar-refractivity contribution is 5.57. The van der Waals surface area contributed by atoms with Crippen molar-refractivity contribution in [3.63, 3.8) is 0 Å². The Balaban J connectivity index is 2.26. The van der Waals surface area contributed by atoms with Gasteiger partial charge >= 0.3 is 5.69 Å². The number of anilines is 1. The molecule has 1 saturated heterocycles. The first kappa shape index (κ1) is 16.4. The summed E-state index contributed by atoms with van der Waals surface area (Å²) in [7, 11) is 2.59. The number of aliphatic hydroxyl groups excluding tert-OH is 3. The van der Waals surface area contributed by atoms with E-state index >= 15 is 0 Å². The van der Waals surface area contributed by atoms with E-state index in [0.29, 0.717) is 0 Å². The molecule has 1 fully saturated rings. The Labute approximate surface area is 125 Å². The largest absolute Gasteiger partial charge is 0.481 e. The minimum atomic E-state index is -1.30. The molecule has 0 bridgehead atoms. The first-order valence-corrected chi connectivity index (χ1v) is 6.47. The molecular weight excluding hydrogens is 298 g/mol. The SMILES string of the molecule is COc1ccc([N+](=O)OC)c(N[C@@H]2O[C@H](CO)[C@@H](O)[C@H]2O)n1. The second-order valence-electron chi connectivity index (χ2n) is 4.56. The Morgan fingerprint density at radius 3 is 2.64 bits per heavy atom. The van der Waals surface area contributed by atoms with Crippen LogP contribution < -0.4 is 10.1 Å². The molecular formula is C12H18N3O7+. The predicted octanol–water partition coefficient (Wildman–Crippen LogP) is -1.09. The summed E-state index contributed by atoms with van der Waals surface area (Å²) in [5.74, 6) is 0.258. The van der Waals surface area contributed by atoms with Crippen molar-refractivity contribution < 1.29 is 34.6 Å². The Kier molecular flexibility index (Phi) is 5.08. The van der Waals surface area contributed by atoms with Crippen molar-refractivity contribution in [1.29, 1.82) is 0 Å². The van der Waals surface area contributed by atoms with Crippen LogP contribution >= 0.6 is 0 Å². The number of aliphatic hydroxyl groups is 3. The summed E-state index contributed by atoms with van der Waals surface area (Å²) >= 11 is 0. The van der Waals surface area contributed by atoms with Gasteiger partial charge in [-0.15, -0.1) is 0 Å². The van der Waals surface area contributed by atoms with Gasteiger partial charge in [-0.3, -0.25) is 0 Å². The van der Waals surface area contributed by atoms with Crippen LogP contribution in [0.3, 0.4) is 0 Å². The number of pyridine rings is 1. The van der Waals surface area contributed by atoms with Crippen molar-refractivity contribution >= 4 is 11.5 Å². The highest BCUT2D eigenvalue weighted by Gasteiger charge is 2.43. The molecule has 0 aliphatic carbocycles. The van der Waals surface area contributed by atoms with Gasteiger partial charge < -0.3 is 30.1 Å². The number of nitrogens with one attached hydrogen (secondary N) is 1. The third-order valence-electron chi connectivity index (χ3n) is 3.24. The summed E-state index contributed by atoms with van der Waals surface area (Å²) in [6.07, 6.45) is -4.56. The van der Waals surface area contributed by atoms with E-state index in [4.69, 9.17) is 14.6 Å². The minimum absolute atomic E-state index is 0.0287. The first-order valence-electron chi connectivity index (χ1n) is 6.47. The van der Waals surface area contributed by atoms with Crippen molar-refractivity contribution in [3.8, 4) is 5.88 Å². The molecule has 0 unspecified atom stereocenters. The molecule has 4 atom stereocenters. The number of hydrogen-bond donors (Lipinski definition) is 4. The third-order valence-corrected chi connectivity index (χ3v) is 3.24. The topological polar surface area (TPSA) is 133 Å². The molecule has 0 radical (unpaired) electrons. The summed E-state index contributed by atoms with van der Waals surface area (Å²) in [4.78, 5) is 20.5. The maximum atomic E-state index is 11.7. The molecule has 0 saturated carbocycles. The zero-order chi connectivity index (χ0) is 16.3. The van der Waals surface area contributed by atoms with Crippen molar-refractivity contribution in [2.24, 2.45) is 0 Å². The van der Waals surface area contributed by atoms with Gasteiger partial charge in [0.05, 0.1) is 18.6 Å². The van der Waals surface area contributed by atoms with Gasteiger partial charge in [0.15, 0.2) is 13.3 Å². The lowest BCUT2D eigenvalue weighted by Gasteiger charge is -2.16. The molecule has 2 heterocycles. The lowest BCUT2D eigenvalue weighted by atomic mass is 10.1. The second-order valence-corrected chi connectivity index (χ2v) is 4.56. The van der Waals surface area contributed by atoms with Gasteiger partial charge in [0.25, 0.3) is 4.92 Å². The number of hydrogen-bond acceptors (Lipinski definition) is 9. The summed E-state index contributed by atoms with van der Waals surface area (Å²) in [6.45, 7) is -0.458. The molecule has 10 heteroatoms. The second kappa shape index (κ2) is 6.83. The molecule has 4 N–H and O–H groups in total. The van der Waals surface area contributed by atoms with Gasteiger partial charge in [-0.2, -0.15) is 4.98 Å².